The summed E-state index contributed by atoms with van der Waals surface area (Å²) in [5.74, 6) is 1.81. The minimum absolute atomic E-state index is 0.0210. The van der Waals surface area contributed by atoms with E-state index in [-0.39, 0.29) is 16.5 Å². The molecule has 3 fully saturated rings. The molecule has 0 heterocycles. The highest BCUT2D eigenvalue weighted by molar-refractivity contribution is 5.32. The molecule has 0 saturated heterocycles. The van der Waals surface area contributed by atoms with Crippen molar-refractivity contribution in [3.8, 4) is 0 Å². The van der Waals surface area contributed by atoms with Crippen LogP contribution >= 0.6 is 0 Å². The van der Waals surface area contributed by atoms with E-state index in [4.69, 9.17) is 11.5 Å². The largest absolute Gasteiger partial charge is 0.324 e. The van der Waals surface area contributed by atoms with Crippen LogP contribution in [0, 0.1) is 23.2 Å². The Bertz CT molecular complexity index is 564. The summed E-state index contributed by atoms with van der Waals surface area (Å²) in [7, 11) is 0. The zero-order chi connectivity index (χ0) is 16.5. The van der Waals surface area contributed by atoms with E-state index in [2.05, 4.69) is 26.5 Å². The highest BCUT2D eigenvalue weighted by atomic mass is 14.9. The molecule has 3 saturated carbocycles. The Morgan fingerprint density at radius 1 is 1.13 bits per heavy atom. The highest BCUT2D eigenvalue weighted by Crippen LogP contribution is 2.65. The van der Waals surface area contributed by atoms with Gasteiger partial charge in [0, 0.05) is 11.1 Å². The fourth-order valence-electron chi connectivity index (χ4n) is 7.20. The molecule has 4 aliphatic rings. The van der Waals surface area contributed by atoms with Gasteiger partial charge in [-0.2, -0.15) is 0 Å². The van der Waals surface area contributed by atoms with Crippen molar-refractivity contribution >= 4 is 0 Å². The standard InChI is InChI=1S/C21H34N2/c1-14(2)16-9-12-19(3)17-8-7-15-6-4-5-11-20(15,22)18(17)10-13-21(16,19)23/h7,16-18H,1,4-6,8-13,22-23H2,2-3H3. The third kappa shape index (κ3) is 1.88. The van der Waals surface area contributed by atoms with Crippen LogP contribution in [-0.4, -0.2) is 11.1 Å². The van der Waals surface area contributed by atoms with Crippen molar-refractivity contribution < 1.29 is 0 Å². The van der Waals surface area contributed by atoms with Gasteiger partial charge in [0.05, 0.1) is 0 Å². The first-order valence-corrected chi connectivity index (χ1v) is 9.75. The van der Waals surface area contributed by atoms with Gasteiger partial charge in [0.15, 0.2) is 0 Å². The van der Waals surface area contributed by atoms with Crippen LogP contribution in [-0.2, 0) is 0 Å². The molecule has 6 atom stereocenters. The second-order valence-electron chi connectivity index (χ2n) is 9.36. The van der Waals surface area contributed by atoms with Gasteiger partial charge in [-0.3, -0.25) is 0 Å². The summed E-state index contributed by atoms with van der Waals surface area (Å²) < 4.78 is 0. The molecular formula is C21H34N2. The van der Waals surface area contributed by atoms with E-state index in [1.807, 2.05) is 0 Å². The van der Waals surface area contributed by atoms with E-state index in [0.717, 1.165) is 6.42 Å². The third-order valence-electron chi connectivity index (χ3n) is 8.57. The van der Waals surface area contributed by atoms with Crippen LogP contribution in [0.3, 0.4) is 0 Å². The normalized spacial score (nSPS) is 52.2. The molecule has 6 unspecified atom stereocenters. The van der Waals surface area contributed by atoms with Gasteiger partial charge in [-0.25, -0.2) is 0 Å². The van der Waals surface area contributed by atoms with Gasteiger partial charge < -0.3 is 11.5 Å². The molecule has 0 amide bonds. The third-order valence-corrected chi connectivity index (χ3v) is 8.57. The Morgan fingerprint density at radius 3 is 2.65 bits per heavy atom. The van der Waals surface area contributed by atoms with Crippen molar-refractivity contribution in [3.63, 3.8) is 0 Å². The molecule has 4 N–H and O–H groups in total. The Balaban J connectivity index is 1.74. The summed E-state index contributed by atoms with van der Waals surface area (Å²) in [6.07, 6.45) is 13.6. The van der Waals surface area contributed by atoms with Crippen molar-refractivity contribution in [3.05, 3.63) is 23.8 Å². The molecule has 4 rings (SSSR count). The van der Waals surface area contributed by atoms with Crippen molar-refractivity contribution in [2.75, 3.05) is 0 Å². The molecule has 0 radical (unpaired) electrons. The number of fused-ring (bicyclic) bond motifs is 5. The van der Waals surface area contributed by atoms with Crippen molar-refractivity contribution in [2.24, 2.45) is 34.6 Å². The van der Waals surface area contributed by atoms with E-state index >= 15 is 0 Å². The Labute approximate surface area is 141 Å². The number of allylic oxidation sites excluding steroid dienone is 1. The maximum atomic E-state index is 7.14. The average molecular weight is 315 g/mol. The van der Waals surface area contributed by atoms with Crippen LogP contribution in [0.25, 0.3) is 0 Å². The first kappa shape index (κ1) is 15.9. The van der Waals surface area contributed by atoms with E-state index in [1.165, 1.54) is 56.9 Å². The zero-order valence-electron chi connectivity index (χ0n) is 15.0. The molecule has 0 aromatic rings. The van der Waals surface area contributed by atoms with Crippen LogP contribution in [0.15, 0.2) is 23.8 Å². The summed E-state index contributed by atoms with van der Waals surface area (Å²) in [5.41, 5.74) is 17.2. The van der Waals surface area contributed by atoms with E-state index < -0.39 is 0 Å². The minimum Gasteiger partial charge on any atom is -0.324 e. The smallest absolute Gasteiger partial charge is 0.0400 e. The van der Waals surface area contributed by atoms with Crippen LogP contribution in [0.2, 0.25) is 0 Å². The Kier molecular flexibility index (Phi) is 3.42. The topological polar surface area (TPSA) is 52.0 Å². The Hall–Kier alpha value is -0.600. The van der Waals surface area contributed by atoms with Gasteiger partial charge in [-0.15, -0.1) is 0 Å². The summed E-state index contributed by atoms with van der Waals surface area (Å²) in [6.45, 7) is 8.94. The lowest BCUT2D eigenvalue weighted by molar-refractivity contribution is -0.0436. The summed E-state index contributed by atoms with van der Waals surface area (Å²) >= 11 is 0. The maximum absolute atomic E-state index is 7.14. The van der Waals surface area contributed by atoms with E-state index in [9.17, 15) is 0 Å². The van der Waals surface area contributed by atoms with Gasteiger partial charge in [0.2, 0.25) is 0 Å². The van der Waals surface area contributed by atoms with Gasteiger partial charge in [0.25, 0.3) is 0 Å². The van der Waals surface area contributed by atoms with Crippen molar-refractivity contribution in [1.82, 2.24) is 0 Å². The van der Waals surface area contributed by atoms with Crippen LogP contribution in [0.4, 0.5) is 0 Å². The van der Waals surface area contributed by atoms with Gasteiger partial charge >= 0.3 is 0 Å². The van der Waals surface area contributed by atoms with Crippen LogP contribution < -0.4 is 11.5 Å². The summed E-state index contributed by atoms with van der Waals surface area (Å²) in [6, 6.07) is 0. The first-order chi connectivity index (χ1) is 10.8. The maximum Gasteiger partial charge on any atom is 0.0400 e. The molecule has 128 valence electrons. The first-order valence-electron chi connectivity index (χ1n) is 9.75. The number of nitrogens with two attached hydrogens (primary N) is 2. The summed E-state index contributed by atoms with van der Waals surface area (Å²) in [5, 5.41) is 0. The summed E-state index contributed by atoms with van der Waals surface area (Å²) in [4.78, 5) is 0. The lowest BCUT2D eigenvalue weighted by Crippen LogP contribution is -2.67. The number of rotatable bonds is 1. The molecule has 0 aromatic heterocycles. The average Bonchev–Trinajstić information content (AvgIpc) is 2.78. The monoisotopic (exact) mass is 314 g/mol. The van der Waals surface area contributed by atoms with Gasteiger partial charge in [-0.1, -0.05) is 37.1 Å². The van der Waals surface area contributed by atoms with Crippen LogP contribution in [0.1, 0.15) is 71.6 Å². The van der Waals surface area contributed by atoms with E-state index in [1.54, 1.807) is 5.57 Å². The second-order valence-corrected chi connectivity index (χ2v) is 9.36. The molecule has 4 aliphatic carbocycles. The quantitative estimate of drug-likeness (QED) is 0.709. The molecule has 23 heavy (non-hydrogen) atoms. The van der Waals surface area contributed by atoms with E-state index in [0.29, 0.717) is 17.8 Å². The lowest BCUT2D eigenvalue weighted by atomic mass is 9.46. The fraction of sp³-hybridized carbons (Fsp3) is 0.810. The van der Waals surface area contributed by atoms with Gasteiger partial charge in [-0.05, 0) is 81.5 Å². The SMILES string of the molecule is C=C(C)C1CCC2(C)C3CC=C4CCCCC4(N)C3CCC12N. The predicted octanol–water partition coefficient (Wildman–Crippen LogP) is 4.30. The molecule has 0 aromatic carbocycles. The molecular weight excluding hydrogens is 280 g/mol. The van der Waals surface area contributed by atoms with Crippen LogP contribution in [0.5, 0.6) is 0 Å². The Morgan fingerprint density at radius 2 is 1.91 bits per heavy atom. The molecule has 0 spiro atoms. The predicted molar refractivity (Wildman–Crippen MR) is 96.9 cm³/mol. The molecule has 2 heteroatoms. The fourth-order valence-corrected chi connectivity index (χ4v) is 7.20. The molecule has 0 bridgehead atoms. The highest BCUT2D eigenvalue weighted by Gasteiger charge is 2.64. The molecule has 0 aliphatic heterocycles. The zero-order valence-corrected chi connectivity index (χ0v) is 15.0. The number of hydrogen-bond acceptors (Lipinski definition) is 2. The second kappa shape index (κ2) is 4.95. The van der Waals surface area contributed by atoms with Gasteiger partial charge in [0.1, 0.15) is 0 Å². The van der Waals surface area contributed by atoms with Crippen molar-refractivity contribution in [1.29, 1.82) is 0 Å². The lowest BCUT2D eigenvalue weighted by Gasteiger charge is -2.61. The molecule has 2 nitrogen and oxygen atoms in total. The minimum atomic E-state index is -0.0592. The number of hydrogen-bond donors (Lipinski definition) is 2. The van der Waals surface area contributed by atoms with Crippen molar-refractivity contribution in [2.45, 2.75) is 82.7 Å².